The smallest absolute Gasteiger partial charge is 0.325 e. The van der Waals surface area contributed by atoms with Crippen molar-refractivity contribution in [1.29, 1.82) is 0 Å². The van der Waals surface area contributed by atoms with Crippen LogP contribution in [0.1, 0.15) is 34.1 Å². The van der Waals surface area contributed by atoms with Gasteiger partial charge in [0, 0.05) is 0 Å². The molecule has 0 bridgehead atoms. The SMILES string of the molecule is CC(NC(=O)C(CC(=O)O)NC(=O)C(C)NC(=O)C(N)C(C)C)C(=O)O. The summed E-state index contributed by atoms with van der Waals surface area (Å²) < 4.78 is 0. The van der Waals surface area contributed by atoms with Gasteiger partial charge < -0.3 is 31.9 Å². The highest BCUT2D eigenvalue weighted by atomic mass is 16.4. The number of carboxylic acids is 2. The number of rotatable bonds is 10. The van der Waals surface area contributed by atoms with Crippen LogP contribution in [0.4, 0.5) is 0 Å². The Labute approximate surface area is 150 Å². The van der Waals surface area contributed by atoms with Gasteiger partial charge in [-0.05, 0) is 19.8 Å². The second kappa shape index (κ2) is 10.3. The molecule has 0 radical (unpaired) electrons. The molecule has 3 amide bonds. The fourth-order valence-electron chi connectivity index (χ4n) is 1.73. The van der Waals surface area contributed by atoms with Crippen molar-refractivity contribution in [3.05, 3.63) is 0 Å². The van der Waals surface area contributed by atoms with Crippen molar-refractivity contribution in [3.8, 4) is 0 Å². The lowest BCUT2D eigenvalue weighted by Crippen LogP contribution is -2.56. The topological polar surface area (TPSA) is 188 Å². The van der Waals surface area contributed by atoms with Crippen molar-refractivity contribution in [3.63, 3.8) is 0 Å². The van der Waals surface area contributed by atoms with E-state index in [9.17, 15) is 24.0 Å². The highest BCUT2D eigenvalue weighted by Crippen LogP contribution is 2.00. The zero-order chi connectivity index (χ0) is 20.6. The van der Waals surface area contributed by atoms with Gasteiger partial charge in [0.05, 0.1) is 12.5 Å². The predicted octanol–water partition coefficient (Wildman–Crippen LogP) is -1.98. The monoisotopic (exact) mass is 374 g/mol. The molecule has 0 aliphatic rings. The van der Waals surface area contributed by atoms with E-state index in [1.807, 2.05) is 0 Å². The van der Waals surface area contributed by atoms with Gasteiger partial charge in [0.15, 0.2) is 0 Å². The maximum absolute atomic E-state index is 12.1. The lowest BCUT2D eigenvalue weighted by Gasteiger charge is -2.22. The van der Waals surface area contributed by atoms with Crippen molar-refractivity contribution in [2.45, 2.75) is 58.3 Å². The molecule has 0 aromatic heterocycles. The Bertz CT molecular complexity index is 564. The molecule has 0 spiro atoms. The van der Waals surface area contributed by atoms with Crippen LogP contribution in [0.25, 0.3) is 0 Å². The lowest BCUT2D eigenvalue weighted by atomic mass is 10.0. The minimum Gasteiger partial charge on any atom is -0.481 e. The van der Waals surface area contributed by atoms with Gasteiger partial charge in [-0.2, -0.15) is 0 Å². The molecular weight excluding hydrogens is 348 g/mol. The number of hydrogen-bond acceptors (Lipinski definition) is 6. The molecule has 4 atom stereocenters. The summed E-state index contributed by atoms with van der Waals surface area (Å²) in [6.07, 6.45) is -0.754. The fourth-order valence-corrected chi connectivity index (χ4v) is 1.73. The molecule has 7 N–H and O–H groups in total. The van der Waals surface area contributed by atoms with Crippen LogP contribution in [-0.4, -0.2) is 64.0 Å². The van der Waals surface area contributed by atoms with Crippen molar-refractivity contribution in [2.24, 2.45) is 11.7 Å². The first-order valence-corrected chi connectivity index (χ1v) is 7.98. The summed E-state index contributed by atoms with van der Waals surface area (Å²) in [6.45, 7) is 5.99. The van der Waals surface area contributed by atoms with Crippen molar-refractivity contribution < 1.29 is 34.2 Å². The van der Waals surface area contributed by atoms with E-state index in [2.05, 4.69) is 16.0 Å². The first kappa shape index (κ1) is 23.3. The molecule has 0 aliphatic carbocycles. The maximum atomic E-state index is 12.1. The number of carboxylic acid groups (broad SMARTS) is 2. The summed E-state index contributed by atoms with van der Waals surface area (Å²) in [5, 5.41) is 24.3. The molecular formula is C15H26N4O7. The Kier molecular flexibility index (Phi) is 9.27. The second-order valence-electron chi connectivity index (χ2n) is 6.23. The Hall–Kier alpha value is -2.69. The van der Waals surface area contributed by atoms with Gasteiger partial charge in [0.2, 0.25) is 17.7 Å². The summed E-state index contributed by atoms with van der Waals surface area (Å²) in [5.74, 6) is -5.18. The summed E-state index contributed by atoms with van der Waals surface area (Å²) in [5.41, 5.74) is 5.67. The van der Waals surface area contributed by atoms with Crippen molar-refractivity contribution in [2.75, 3.05) is 0 Å². The van der Waals surface area contributed by atoms with Crippen LogP contribution < -0.4 is 21.7 Å². The van der Waals surface area contributed by atoms with E-state index in [-0.39, 0.29) is 5.92 Å². The molecule has 11 heteroatoms. The van der Waals surface area contributed by atoms with Crippen LogP contribution in [-0.2, 0) is 24.0 Å². The predicted molar refractivity (Wildman–Crippen MR) is 89.8 cm³/mol. The van der Waals surface area contributed by atoms with E-state index < -0.39 is 60.2 Å². The Morgan fingerprint density at radius 2 is 1.31 bits per heavy atom. The second-order valence-corrected chi connectivity index (χ2v) is 6.23. The van der Waals surface area contributed by atoms with Gasteiger partial charge in [0.1, 0.15) is 18.1 Å². The van der Waals surface area contributed by atoms with Crippen LogP contribution in [0.2, 0.25) is 0 Å². The van der Waals surface area contributed by atoms with Crippen molar-refractivity contribution >= 4 is 29.7 Å². The van der Waals surface area contributed by atoms with Crippen LogP contribution in [0.15, 0.2) is 0 Å². The highest BCUT2D eigenvalue weighted by molar-refractivity contribution is 5.95. The summed E-state index contributed by atoms with van der Waals surface area (Å²) in [7, 11) is 0. The van der Waals surface area contributed by atoms with Gasteiger partial charge in [-0.1, -0.05) is 13.8 Å². The number of carbonyl (C=O) groups is 5. The number of carbonyl (C=O) groups excluding carboxylic acids is 3. The molecule has 0 rings (SSSR count). The molecule has 0 aromatic carbocycles. The van der Waals surface area contributed by atoms with E-state index >= 15 is 0 Å². The number of hydrogen-bond donors (Lipinski definition) is 6. The van der Waals surface area contributed by atoms with Crippen LogP contribution >= 0.6 is 0 Å². The summed E-state index contributed by atoms with van der Waals surface area (Å²) >= 11 is 0. The Morgan fingerprint density at radius 1 is 0.808 bits per heavy atom. The van der Waals surface area contributed by atoms with Gasteiger partial charge in [-0.25, -0.2) is 0 Å². The Balaban J connectivity index is 4.96. The lowest BCUT2D eigenvalue weighted by molar-refractivity contribution is -0.143. The normalized spacial score (nSPS) is 15.3. The number of nitrogens with one attached hydrogen (secondary N) is 3. The third kappa shape index (κ3) is 7.92. The van der Waals surface area contributed by atoms with Crippen LogP contribution in [0, 0.1) is 5.92 Å². The average molecular weight is 374 g/mol. The van der Waals surface area contributed by atoms with E-state index in [4.69, 9.17) is 15.9 Å². The first-order valence-electron chi connectivity index (χ1n) is 7.98. The summed E-state index contributed by atoms with van der Waals surface area (Å²) in [6, 6.07) is -4.68. The molecule has 4 unspecified atom stereocenters. The molecule has 148 valence electrons. The first-order chi connectivity index (χ1) is 11.9. The van der Waals surface area contributed by atoms with E-state index in [0.29, 0.717) is 0 Å². The molecule has 0 saturated heterocycles. The summed E-state index contributed by atoms with van der Waals surface area (Å²) in [4.78, 5) is 57.7. The molecule has 0 aliphatic heterocycles. The third-order valence-corrected chi connectivity index (χ3v) is 3.51. The van der Waals surface area contributed by atoms with Gasteiger partial charge in [-0.15, -0.1) is 0 Å². The number of amides is 3. The largest absolute Gasteiger partial charge is 0.481 e. The van der Waals surface area contributed by atoms with Gasteiger partial charge >= 0.3 is 11.9 Å². The van der Waals surface area contributed by atoms with E-state index in [0.717, 1.165) is 0 Å². The van der Waals surface area contributed by atoms with Gasteiger partial charge in [0.25, 0.3) is 0 Å². The van der Waals surface area contributed by atoms with Gasteiger partial charge in [-0.3, -0.25) is 24.0 Å². The molecule has 0 heterocycles. The molecule has 0 aromatic rings. The maximum Gasteiger partial charge on any atom is 0.325 e. The van der Waals surface area contributed by atoms with E-state index in [1.165, 1.54) is 13.8 Å². The average Bonchev–Trinajstić information content (AvgIpc) is 2.52. The van der Waals surface area contributed by atoms with Crippen molar-refractivity contribution in [1.82, 2.24) is 16.0 Å². The van der Waals surface area contributed by atoms with Crippen LogP contribution in [0.5, 0.6) is 0 Å². The number of aliphatic carboxylic acids is 2. The zero-order valence-electron chi connectivity index (χ0n) is 15.1. The fraction of sp³-hybridized carbons (Fsp3) is 0.667. The molecule has 0 saturated carbocycles. The molecule has 26 heavy (non-hydrogen) atoms. The minimum atomic E-state index is -1.50. The Morgan fingerprint density at radius 3 is 1.73 bits per heavy atom. The minimum absolute atomic E-state index is 0.159. The quantitative estimate of drug-likeness (QED) is 0.254. The number of nitrogens with two attached hydrogens (primary N) is 1. The standard InChI is InChI=1S/C15H26N4O7/c1-6(2)11(16)14(24)17-7(3)12(22)19-9(5-10(20)21)13(23)18-8(4)15(25)26/h6-9,11H,5,16H2,1-4H3,(H,17,24)(H,18,23)(H,19,22)(H,20,21)(H,25,26). The van der Waals surface area contributed by atoms with Crippen LogP contribution in [0.3, 0.4) is 0 Å². The highest BCUT2D eigenvalue weighted by Gasteiger charge is 2.29. The third-order valence-electron chi connectivity index (χ3n) is 3.51. The van der Waals surface area contributed by atoms with E-state index in [1.54, 1.807) is 13.8 Å². The molecule has 0 fully saturated rings. The molecule has 11 nitrogen and oxygen atoms in total. The zero-order valence-corrected chi connectivity index (χ0v) is 15.1.